The van der Waals surface area contributed by atoms with Crippen molar-refractivity contribution in [3.63, 3.8) is 0 Å². The lowest BCUT2D eigenvalue weighted by atomic mass is 9.97. The second-order valence-electron chi connectivity index (χ2n) is 8.07. The van der Waals surface area contributed by atoms with Gasteiger partial charge in [0.1, 0.15) is 23.4 Å². The van der Waals surface area contributed by atoms with Crippen LogP contribution in [0.15, 0.2) is 41.5 Å². The zero-order valence-electron chi connectivity index (χ0n) is 19.1. The molecule has 0 spiro atoms. The van der Waals surface area contributed by atoms with E-state index in [9.17, 15) is 4.39 Å². The fourth-order valence-electron chi connectivity index (χ4n) is 4.10. The van der Waals surface area contributed by atoms with E-state index in [0.717, 1.165) is 31.5 Å². The van der Waals surface area contributed by atoms with Gasteiger partial charge in [0.15, 0.2) is 0 Å². The van der Waals surface area contributed by atoms with Gasteiger partial charge in [-0.05, 0) is 42.7 Å². The van der Waals surface area contributed by atoms with Crippen LogP contribution in [0.25, 0.3) is 22.4 Å². The van der Waals surface area contributed by atoms with Crippen molar-refractivity contribution in [2.75, 3.05) is 42.7 Å². The molecule has 0 saturated carbocycles. The van der Waals surface area contributed by atoms with Gasteiger partial charge >= 0.3 is 0 Å². The Morgan fingerprint density at radius 3 is 2.47 bits per heavy atom. The summed E-state index contributed by atoms with van der Waals surface area (Å²) < 4.78 is 14.6. The van der Waals surface area contributed by atoms with E-state index >= 15 is 0 Å². The maximum atomic E-state index is 14.6. The summed E-state index contributed by atoms with van der Waals surface area (Å²) in [4.78, 5) is 11.7. The number of nitrogens with zero attached hydrogens (tertiary/aromatic N) is 5. The lowest BCUT2D eigenvalue weighted by Gasteiger charge is -2.31. The molecule has 2 heterocycles. The third-order valence-electron chi connectivity index (χ3n) is 6.00. The van der Waals surface area contributed by atoms with Crippen LogP contribution in [0.1, 0.15) is 18.4 Å². The Labute approximate surface area is 197 Å². The summed E-state index contributed by atoms with van der Waals surface area (Å²) in [6.07, 6.45) is 1.67. The molecule has 9 nitrogen and oxygen atoms in total. The molecule has 1 aliphatic rings. The topological polar surface area (TPSA) is 139 Å². The van der Waals surface area contributed by atoms with E-state index in [1.54, 1.807) is 26.2 Å². The first-order chi connectivity index (χ1) is 16.5. The number of nitrogens with two attached hydrogens (primary N) is 1. The summed E-state index contributed by atoms with van der Waals surface area (Å²) in [7, 11) is 3.53. The number of anilines is 3. The summed E-state index contributed by atoms with van der Waals surface area (Å²) in [5, 5.41) is 19.0. The van der Waals surface area contributed by atoms with Crippen molar-refractivity contribution in [2.24, 2.45) is 10.8 Å². The predicted molar refractivity (Wildman–Crippen MR) is 131 cm³/mol. The smallest absolute Gasteiger partial charge is 0.227 e. The normalized spacial score (nSPS) is 13.9. The Bertz CT molecular complexity index is 1260. The van der Waals surface area contributed by atoms with Gasteiger partial charge in [-0.15, -0.1) is 0 Å². The molecular weight excluding hydrogens is 433 g/mol. The van der Waals surface area contributed by atoms with E-state index in [4.69, 9.17) is 26.5 Å². The summed E-state index contributed by atoms with van der Waals surface area (Å²) in [5.74, 6) is 0.471. The number of piperidine rings is 1. The minimum Gasteiger partial charge on any atom is -0.386 e. The predicted octanol–water partition coefficient (Wildman–Crippen LogP) is 4.49. The molecule has 0 aliphatic carbocycles. The summed E-state index contributed by atoms with van der Waals surface area (Å²) in [5.41, 5.74) is 17.2. The molecule has 5 N–H and O–H groups in total. The number of nitrogens with one attached hydrogen (secondary N) is 3. The van der Waals surface area contributed by atoms with Gasteiger partial charge in [-0.1, -0.05) is 12.1 Å². The first-order valence-electron chi connectivity index (χ1n) is 11.0. The monoisotopic (exact) mass is 459 g/mol. The number of hydrogen-bond acceptors (Lipinski definition) is 9. The highest BCUT2D eigenvalue weighted by atomic mass is 19.1. The van der Waals surface area contributed by atoms with Gasteiger partial charge in [0.05, 0.1) is 22.5 Å². The minimum absolute atomic E-state index is 0.0351. The summed E-state index contributed by atoms with van der Waals surface area (Å²) in [6, 6.07) is 11.9. The van der Waals surface area contributed by atoms with Crippen LogP contribution in [0, 0.1) is 22.7 Å². The average molecular weight is 460 g/mol. The van der Waals surface area contributed by atoms with Crippen LogP contribution >= 0.6 is 0 Å². The van der Waals surface area contributed by atoms with E-state index in [1.165, 1.54) is 12.1 Å². The standard InChI is InChI=1S/C24H26FN9/c1-29-19-6-5-14(12-20(19)33-28)21-22(15-3-4-16(13-26)18(25)11-15)31-24(32-23(21)30-2)34-9-7-17(27)8-10-34/h3-6,11-12,17,28-29H,7-10,27H2,1-2H3,(H,30,31,32). The van der Waals surface area contributed by atoms with Crippen molar-refractivity contribution >= 4 is 23.1 Å². The lowest BCUT2D eigenvalue weighted by Crippen LogP contribution is -2.40. The highest BCUT2D eigenvalue weighted by Crippen LogP contribution is 2.40. The van der Waals surface area contributed by atoms with Crippen molar-refractivity contribution in [3.8, 4) is 28.5 Å². The fraction of sp³-hybridized carbons (Fsp3) is 0.292. The number of aromatic nitrogens is 2. The molecule has 0 amide bonds. The Balaban J connectivity index is 1.95. The van der Waals surface area contributed by atoms with Gasteiger partial charge in [-0.3, -0.25) is 0 Å². The summed E-state index contributed by atoms with van der Waals surface area (Å²) in [6.45, 7) is 1.45. The maximum Gasteiger partial charge on any atom is 0.227 e. The molecule has 1 aromatic heterocycles. The van der Waals surface area contributed by atoms with E-state index in [0.29, 0.717) is 40.0 Å². The molecule has 174 valence electrons. The van der Waals surface area contributed by atoms with Crippen LogP contribution < -0.4 is 21.3 Å². The highest BCUT2D eigenvalue weighted by Gasteiger charge is 2.24. The first kappa shape index (κ1) is 23.1. The number of nitriles is 1. The van der Waals surface area contributed by atoms with Crippen LogP contribution in [0.4, 0.5) is 27.5 Å². The van der Waals surface area contributed by atoms with Crippen molar-refractivity contribution < 1.29 is 4.39 Å². The van der Waals surface area contributed by atoms with Crippen LogP contribution in [0.5, 0.6) is 0 Å². The van der Waals surface area contributed by atoms with Crippen molar-refractivity contribution in [1.29, 1.82) is 10.8 Å². The zero-order chi connectivity index (χ0) is 24.2. The van der Waals surface area contributed by atoms with E-state index in [1.807, 2.05) is 18.2 Å². The second kappa shape index (κ2) is 9.80. The lowest BCUT2D eigenvalue weighted by molar-refractivity contribution is 0.496. The van der Waals surface area contributed by atoms with E-state index in [2.05, 4.69) is 20.6 Å². The number of benzene rings is 2. The quantitative estimate of drug-likeness (QED) is 0.398. The third-order valence-corrected chi connectivity index (χ3v) is 6.00. The largest absolute Gasteiger partial charge is 0.386 e. The van der Waals surface area contributed by atoms with E-state index in [-0.39, 0.29) is 11.6 Å². The molecule has 1 saturated heterocycles. The van der Waals surface area contributed by atoms with Gasteiger partial charge in [0.2, 0.25) is 5.95 Å². The number of halogens is 1. The maximum absolute atomic E-state index is 14.6. The molecule has 34 heavy (non-hydrogen) atoms. The molecule has 1 aliphatic heterocycles. The van der Waals surface area contributed by atoms with Crippen molar-refractivity contribution in [1.82, 2.24) is 9.97 Å². The second-order valence-corrected chi connectivity index (χ2v) is 8.07. The Morgan fingerprint density at radius 2 is 1.85 bits per heavy atom. The SMILES string of the molecule is CNc1ccc(-c2c(NC)nc(N3CCC(N)CC3)nc2-c2ccc(C#N)c(F)c2)cc1N=N. The molecule has 10 heteroatoms. The number of hydrogen-bond donors (Lipinski definition) is 4. The van der Waals surface area contributed by atoms with Crippen LogP contribution in [0.2, 0.25) is 0 Å². The van der Waals surface area contributed by atoms with Gasteiger partial charge in [0, 0.05) is 38.8 Å². The van der Waals surface area contributed by atoms with Gasteiger partial charge in [0.25, 0.3) is 0 Å². The van der Waals surface area contributed by atoms with Crippen LogP contribution in [-0.4, -0.2) is 43.2 Å². The molecule has 4 rings (SSSR count). The Kier molecular flexibility index (Phi) is 6.65. The molecule has 0 unspecified atom stereocenters. The minimum atomic E-state index is -0.617. The number of rotatable bonds is 6. The van der Waals surface area contributed by atoms with Crippen LogP contribution in [0.3, 0.4) is 0 Å². The Hall–Kier alpha value is -4.10. The average Bonchev–Trinajstić information content (AvgIpc) is 2.87. The molecule has 0 bridgehead atoms. The molecule has 3 aromatic rings. The van der Waals surface area contributed by atoms with Crippen molar-refractivity contribution in [2.45, 2.75) is 18.9 Å². The first-order valence-corrected chi connectivity index (χ1v) is 11.0. The molecular formula is C24H26FN9. The summed E-state index contributed by atoms with van der Waals surface area (Å²) >= 11 is 0. The molecule has 0 radical (unpaired) electrons. The Morgan fingerprint density at radius 1 is 1.12 bits per heavy atom. The third kappa shape index (κ3) is 4.38. The van der Waals surface area contributed by atoms with Gasteiger partial charge < -0.3 is 21.3 Å². The molecule has 2 aromatic carbocycles. The molecule has 1 fully saturated rings. The van der Waals surface area contributed by atoms with Gasteiger partial charge in [-0.25, -0.2) is 14.9 Å². The van der Waals surface area contributed by atoms with E-state index < -0.39 is 5.82 Å². The zero-order valence-corrected chi connectivity index (χ0v) is 19.1. The molecule has 0 atom stereocenters. The van der Waals surface area contributed by atoms with Crippen molar-refractivity contribution in [3.05, 3.63) is 47.8 Å². The van der Waals surface area contributed by atoms with Gasteiger partial charge in [-0.2, -0.15) is 15.4 Å². The fourth-order valence-corrected chi connectivity index (χ4v) is 4.10. The van der Waals surface area contributed by atoms with Crippen LogP contribution in [-0.2, 0) is 0 Å². The highest BCUT2D eigenvalue weighted by molar-refractivity contribution is 5.91.